The van der Waals surface area contributed by atoms with Gasteiger partial charge in [0.1, 0.15) is 5.92 Å². The Kier molecular flexibility index (Phi) is 5.13. The number of ether oxygens (including phenoxy) is 1. The van der Waals surface area contributed by atoms with Crippen molar-refractivity contribution in [3.63, 3.8) is 0 Å². The Hall–Kier alpha value is -2.57. The number of alkyl halides is 3. The molecule has 144 valence electrons. The normalized spacial score (nSPS) is 23.0. The van der Waals surface area contributed by atoms with Crippen LogP contribution in [0.5, 0.6) is 0 Å². The van der Waals surface area contributed by atoms with E-state index in [4.69, 9.17) is 4.74 Å². The van der Waals surface area contributed by atoms with Gasteiger partial charge in [0, 0.05) is 29.3 Å². The average molecular weight is 379 g/mol. The van der Waals surface area contributed by atoms with Crippen LogP contribution in [0.3, 0.4) is 0 Å². The van der Waals surface area contributed by atoms with Crippen molar-refractivity contribution in [2.75, 3.05) is 6.61 Å². The van der Waals surface area contributed by atoms with E-state index in [9.17, 15) is 22.8 Å². The second-order valence-electron chi connectivity index (χ2n) is 6.61. The minimum absolute atomic E-state index is 0.0795. The first-order valence-electron chi connectivity index (χ1n) is 8.80. The van der Waals surface area contributed by atoms with Gasteiger partial charge < -0.3 is 10.1 Å². The molecule has 2 aliphatic rings. The van der Waals surface area contributed by atoms with Crippen molar-refractivity contribution in [1.29, 1.82) is 0 Å². The molecule has 0 fully saturated rings. The van der Waals surface area contributed by atoms with Crippen molar-refractivity contribution < 1.29 is 27.5 Å². The van der Waals surface area contributed by atoms with E-state index in [0.29, 0.717) is 18.5 Å². The fourth-order valence-corrected chi connectivity index (χ4v) is 3.87. The summed E-state index contributed by atoms with van der Waals surface area (Å²) in [6.07, 6.45) is -3.23. The number of Topliss-reactive ketones (excluding diaryl/α,β-unsaturated/α-hetero) is 1. The van der Waals surface area contributed by atoms with Gasteiger partial charge in [0.15, 0.2) is 5.78 Å². The monoisotopic (exact) mass is 379 g/mol. The van der Waals surface area contributed by atoms with Gasteiger partial charge in [-0.25, -0.2) is 0 Å². The number of hydrogen-bond donors (Lipinski definition) is 1. The number of benzene rings is 1. The van der Waals surface area contributed by atoms with Gasteiger partial charge in [-0.1, -0.05) is 24.8 Å². The van der Waals surface area contributed by atoms with Gasteiger partial charge in [-0.05, 0) is 31.4 Å². The van der Waals surface area contributed by atoms with E-state index in [1.165, 1.54) is 18.2 Å². The maximum atomic E-state index is 13.6. The number of rotatable bonds is 3. The SMILES string of the molecule is C=C1NC2=C(C(=O)CCC2)C(c2ccccc2C(F)(F)F)C1C(=O)OCC. The third kappa shape index (κ3) is 3.50. The molecule has 1 N–H and O–H groups in total. The number of ketones is 1. The minimum Gasteiger partial charge on any atom is -0.465 e. The van der Waals surface area contributed by atoms with Crippen LogP contribution in [0.15, 0.2) is 47.8 Å². The molecule has 2 atom stereocenters. The number of halogens is 3. The molecule has 1 aliphatic carbocycles. The number of allylic oxidation sites excluding steroid dienone is 2. The Morgan fingerprint density at radius 3 is 2.67 bits per heavy atom. The molecule has 0 aromatic heterocycles. The summed E-state index contributed by atoms with van der Waals surface area (Å²) >= 11 is 0. The minimum atomic E-state index is -4.61. The van der Waals surface area contributed by atoms with Crippen molar-refractivity contribution in [3.8, 4) is 0 Å². The maximum absolute atomic E-state index is 13.6. The zero-order valence-corrected chi connectivity index (χ0v) is 14.9. The molecule has 0 radical (unpaired) electrons. The van der Waals surface area contributed by atoms with Crippen LogP contribution in [-0.2, 0) is 20.5 Å². The first-order valence-corrected chi connectivity index (χ1v) is 8.80. The lowest BCUT2D eigenvalue weighted by atomic mass is 9.70. The van der Waals surface area contributed by atoms with E-state index in [0.717, 1.165) is 6.07 Å². The Labute approximate surface area is 155 Å². The lowest BCUT2D eigenvalue weighted by Gasteiger charge is -2.39. The molecule has 1 aliphatic heterocycles. The Morgan fingerprint density at radius 2 is 2.00 bits per heavy atom. The number of nitrogens with one attached hydrogen (secondary N) is 1. The van der Waals surface area contributed by atoms with Crippen LogP contribution in [0.2, 0.25) is 0 Å². The number of esters is 1. The molecule has 0 saturated carbocycles. The van der Waals surface area contributed by atoms with Crippen LogP contribution in [0.25, 0.3) is 0 Å². The third-order valence-electron chi connectivity index (χ3n) is 4.93. The standard InChI is InChI=1S/C20H20F3NO3/c1-3-27-19(26)16-11(2)24-14-9-6-10-15(25)18(14)17(16)12-7-4-5-8-13(12)20(21,22)23/h4-5,7-8,16-17,24H,2-3,6,9-10H2,1H3. The first-order chi connectivity index (χ1) is 12.8. The van der Waals surface area contributed by atoms with Crippen molar-refractivity contribution in [2.24, 2.45) is 5.92 Å². The van der Waals surface area contributed by atoms with E-state index >= 15 is 0 Å². The van der Waals surface area contributed by atoms with E-state index in [2.05, 4.69) is 11.9 Å². The molecule has 7 heteroatoms. The molecule has 0 saturated heterocycles. The van der Waals surface area contributed by atoms with E-state index in [-0.39, 0.29) is 35.6 Å². The highest BCUT2D eigenvalue weighted by Gasteiger charge is 2.47. The van der Waals surface area contributed by atoms with E-state index in [1.54, 1.807) is 6.92 Å². The zero-order valence-electron chi connectivity index (χ0n) is 14.9. The lowest BCUT2D eigenvalue weighted by Crippen LogP contribution is -2.41. The summed E-state index contributed by atoms with van der Waals surface area (Å²) in [5.41, 5.74) is 0.0868. The lowest BCUT2D eigenvalue weighted by molar-refractivity contribution is -0.148. The van der Waals surface area contributed by atoms with Gasteiger partial charge in [-0.2, -0.15) is 13.2 Å². The molecule has 1 aromatic carbocycles. The Bertz CT molecular complexity index is 826. The first kappa shape index (κ1) is 19.2. The van der Waals surface area contributed by atoms with Crippen LogP contribution >= 0.6 is 0 Å². The van der Waals surface area contributed by atoms with Crippen LogP contribution in [-0.4, -0.2) is 18.4 Å². The molecule has 4 nitrogen and oxygen atoms in total. The fourth-order valence-electron chi connectivity index (χ4n) is 3.87. The Morgan fingerprint density at radius 1 is 1.30 bits per heavy atom. The van der Waals surface area contributed by atoms with Crippen LogP contribution < -0.4 is 5.32 Å². The van der Waals surface area contributed by atoms with Gasteiger partial charge in [0.25, 0.3) is 0 Å². The second-order valence-corrected chi connectivity index (χ2v) is 6.61. The quantitative estimate of drug-likeness (QED) is 0.804. The fraction of sp³-hybridized carbons (Fsp3) is 0.400. The van der Waals surface area contributed by atoms with Gasteiger partial charge in [0.05, 0.1) is 12.2 Å². The zero-order chi connectivity index (χ0) is 19.8. The van der Waals surface area contributed by atoms with Gasteiger partial charge in [0.2, 0.25) is 0 Å². The largest absolute Gasteiger partial charge is 0.465 e. The van der Waals surface area contributed by atoms with Crippen molar-refractivity contribution >= 4 is 11.8 Å². The van der Waals surface area contributed by atoms with Crippen molar-refractivity contribution in [1.82, 2.24) is 5.32 Å². The highest BCUT2D eigenvalue weighted by molar-refractivity contribution is 6.00. The average Bonchev–Trinajstić information content (AvgIpc) is 2.60. The molecule has 2 unspecified atom stereocenters. The number of carbonyl (C=O) groups excluding carboxylic acids is 2. The molecular weight excluding hydrogens is 359 g/mol. The summed E-state index contributed by atoms with van der Waals surface area (Å²) in [4.78, 5) is 25.2. The number of carbonyl (C=O) groups is 2. The molecule has 0 amide bonds. The van der Waals surface area contributed by atoms with Crippen LogP contribution in [0, 0.1) is 5.92 Å². The van der Waals surface area contributed by atoms with Crippen molar-refractivity contribution in [2.45, 2.75) is 38.3 Å². The van der Waals surface area contributed by atoms with E-state index in [1.807, 2.05) is 0 Å². The number of hydrogen-bond acceptors (Lipinski definition) is 4. The molecule has 0 spiro atoms. The van der Waals surface area contributed by atoms with Gasteiger partial charge >= 0.3 is 12.1 Å². The summed E-state index contributed by atoms with van der Waals surface area (Å²) in [5, 5.41) is 2.98. The second kappa shape index (κ2) is 7.21. The van der Waals surface area contributed by atoms with Gasteiger partial charge in [-0.3, -0.25) is 9.59 Å². The predicted octanol–water partition coefficient (Wildman–Crippen LogP) is 4.09. The molecule has 3 rings (SSSR count). The predicted molar refractivity (Wildman–Crippen MR) is 92.5 cm³/mol. The molecule has 0 bridgehead atoms. The molecule has 1 heterocycles. The van der Waals surface area contributed by atoms with E-state index < -0.39 is 29.5 Å². The summed E-state index contributed by atoms with van der Waals surface area (Å²) in [6.45, 7) is 5.54. The molecular formula is C20H20F3NO3. The maximum Gasteiger partial charge on any atom is 0.416 e. The summed E-state index contributed by atoms with van der Waals surface area (Å²) in [7, 11) is 0. The highest BCUT2D eigenvalue weighted by Crippen LogP contribution is 2.47. The van der Waals surface area contributed by atoms with Crippen LogP contribution in [0.4, 0.5) is 13.2 Å². The molecule has 1 aromatic rings. The smallest absolute Gasteiger partial charge is 0.416 e. The Balaban J connectivity index is 2.24. The van der Waals surface area contributed by atoms with Gasteiger partial charge in [-0.15, -0.1) is 0 Å². The third-order valence-corrected chi connectivity index (χ3v) is 4.93. The summed E-state index contributed by atoms with van der Waals surface area (Å²) in [6, 6.07) is 5.06. The van der Waals surface area contributed by atoms with Crippen molar-refractivity contribution in [3.05, 3.63) is 58.9 Å². The summed E-state index contributed by atoms with van der Waals surface area (Å²) in [5.74, 6) is -3.11. The summed E-state index contributed by atoms with van der Waals surface area (Å²) < 4.78 is 46.0. The highest BCUT2D eigenvalue weighted by atomic mass is 19.4. The van der Waals surface area contributed by atoms with Crippen LogP contribution in [0.1, 0.15) is 43.2 Å². The topological polar surface area (TPSA) is 55.4 Å². The molecule has 27 heavy (non-hydrogen) atoms.